The zero-order valence-electron chi connectivity index (χ0n) is 21.1. The van der Waals surface area contributed by atoms with Gasteiger partial charge in [0.15, 0.2) is 0 Å². The predicted molar refractivity (Wildman–Crippen MR) is 107 cm³/mol. The van der Waals surface area contributed by atoms with Crippen LogP contribution in [0.4, 0.5) is 0 Å². The van der Waals surface area contributed by atoms with Crippen molar-refractivity contribution in [3.63, 3.8) is 0 Å². The Balaban J connectivity index is -0.00000288. The van der Waals surface area contributed by atoms with E-state index in [1.807, 2.05) is 13.8 Å². The molecule has 0 N–H and O–H groups in total. The second-order valence-corrected chi connectivity index (χ2v) is 9.97. The number of rotatable bonds is 12. The molecule has 0 rings (SSSR count). The van der Waals surface area contributed by atoms with Gasteiger partial charge in [-0.1, -0.05) is 97.3 Å². The molecule has 0 spiro atoms. The standard InChI is InChI=1S/C23H46.2Y/c1-11-22(7,8)16-21(6)15-19(4)12-13-23(9,10)17-20(5)14-18(2)3;;/h18-19H,11-17H2,1-10H3;;/q-2;;/i18T,19T;;. The molecule has 0 aliphatic rings. The van der Waals surface area contributed by atoms with Crippen LogP contribution in [-0.2, 0) is 65.4 Å². The molecule has 0 saturated heterocycles. The van der Waals surface area contributed by atoms with Gasteiger partial charge in [0, 0.05) is 68.2 Å². The van der Waals surface area contributed by atoms with E-state index in [0.717, 1.165) is 38.5 Å². The van der Waals surface area contributed by atoms with Gasteiger partial charge in [-0.2, -0.15) is 39.5 Å². The second kappa shape index (κ2) is 15.1. The van der Waals surface area contributed by atoms with E-state index in [1.54, 1.807) is 0 Å². The minimum atomic E-state index is -0.373. The van der Waals surface area contributed by atoms with E-state index < -0.39 is 0 Å². The van der Waals surface area contributed by atoms with Crippen molar-refractivity contribution in [1.82, 2.24) is 0 Å². The molecule has 0 fully saturated rings. The molecule has 0 heterocycles. The molecule has 2 radical (unpaired) electrons. The van der Waals surface area contributed by atoms with Gasteiger partial charge in [-0.05, 0) is 0 Å². The molecule has 0 aromatic heterocycles. The Bertz CT molecular complexity index is 384. The molecule has 1 atom stereocenters. The third kappa shape index (κ3) is 18.0. The van der Waals surface area contributed by atoms with Crippen LogP contribution in [0.1, 0.15) is 117 Å². The first-order valence-electron chi connectivity index (χ1n) is 10.6. The molecular formula is C23H46Y2-2. The molecule has 0 amide bonds. The van der Waals surface area contributed by atoms with Crippen molar-refractivity contribution in [2.45, 2.75) is 114 Å². The number of hydrogen-bond acceptors (Lipinski definition) is 0. The third-order valence-corrected chi connectivity index (χ3v) is 5.01. The maximum Gasteiger partial charge on any atom is 0.0274 e. The summed E-state index contributed by atoms with van der Waals surface area (Å²) in [4.78, 5) is 0. The first-order chi connectivity index (χ1) is 11.0. The monoisotopic (exact) mass is 504 g/mol. The van der Waals surface area contributed by atoms with Gasteiger partial charge in [-0.15, -0.1) is 0 Å². The zero-order valence-corrected chi connectivity index (χ0v) is 24.8. The fourth-order valence-electron chi connectivity index (χ4n) is 3.73. The Hall–Kier alpha value is 2.21. The van der Waals surface area contributed by atoms with Gasteiger partial charge in [0.05, 0.1) is 0 Å². The van der Waals surface area contributed by atoms with E-state index in [-0.39, 0.29) is 82.6 Å². The molecule has 0 aromatic rings. The predicted octanol–water partition coefficient (Wildman–Crippen LogP) is 8.27. The minimum absolute atomic E-state index is 0. The first-order valence-corrected chi connectivity index (χ1v) is 9.60. The van der Waals surface area contributed by atoms with Crippen molar-refractivity contribution in [2.75, 3.05) is 0 Å². The molecule has 25 heavy (non-hydrogen) atoms. The summed E-state index contributed by atoms with van der Waals surface area (Å²) >= 11 is 0. The Labute approximate surface area is 214 Å². The maximum absolute atomic E-state index is 8.77. The topological polar surface area (TPSA) is 0 Å². The molecule has 0 bridgehead atoms. The second-order valence-electron chi connectivity index (χ2n) is 9.97. The zero-order chi connectivity index (χ0) is 20.1. The van der Waals surface area contributed by atoms with Crippen LogP contribution >= 0.6 is 0 Å². The van der Waals surface area contributed by atoms with E-state index in [0.29, 0.717) is 5.41 Å². The largest absolute Gasteiger partial charge is 0.316 e. The summed E-state index contributed by atoms with van der Waals surface area (Å²) in [6.07, 6.45) is 7.19. The first kappa shape index (κ1) is 27.2. The molecule has 146 valence electrons. The summed E-state index contributed by atoms with van der Waals surface area (Å²) in [6.45, 7) is 22.1. The van der Waals surface area contributed by atoms with Crippen LogP contribution < -0.4 is 0 Å². The molecule has 2 heteroatoms. The van der Waals surface area contributed by atoms with Crippen LogP contribution in [0.3, 0.4) is 0 Å². The maximum atomic E-state index is 8.77. The van der Waals surface area contributed by atoms with E-state index in [9.17, 15) is 0 Å². The van der Waals surface area contributed by atoms with Gasteiger partial charge in [-0.25, -0.2) is 0 Å². The summed E-state index contributed by atoms with van der Waals surface area (Å²) in [5.74, 6) is 2.15. The van der Waals surface area contributed by atoms with Crippen molar-refractivity contribution in [1.29, 1.82) is 0 Å². The Morgan fingerprint density at radius 1 is 0.840 bits per heavy atom. The Morgan fingerprint density at radius 2 is 1.28 bits per heavy atom. The summed E-state index contributed by atoms with van der Waals surface area (Å²) in [6, 6.07) is 0. The molecule has 0 saturated carbocycles. The third-order valence-electron chi connectivity index (χ3n) is 5.01. The average Bonchev–Trinajstić information content (AvgIpc) is 2.32. The van der Waals surface area contributed by atoms with Crippen molar-refractivity contribution >= 4 is 0 Å². The minimum Gasteiger partial charge on any atom is -0.316 e. The van der Waals surface area contributed by atoms with Crippen molar-refractivity contribution < 1.29 is 68.2 Å². The van der Waals surface area contributed by atoms with Gasteiger partial charge in [0.1, 0.15) is 0 Å². The van der Waals surface area contributed by atoms with Crippen LogP contribution in [0.15, 0.2) is 0 Å². The SMILES string of the molecule is [3H]C(C)(C)C[C-](C)CC(C)(C)CCC([3H])(C)C[C-](C)CC(C)(C)CC.[Y].[Y]. The van der Waals surface area contributed by atoms with Crippen molar-refractivity contribution in [3.8, 4) is 0 Å². The summed E-state index contributed by atoms with van der Waals surface area (Å²) < 4.78 is 16.9. The Morgan fingerprint density at radius 3 is 1.72 bits per heavy atom. The van der Waals surface area contributed by atoms with Crippen LogP contribution in [0.25, 0.3) is 0 Å². The quantitative estimate of drug-likeness (QED) is 0.235. The van der Waals surface area contributed by atoms with Gasteiger partial charge < -0.3 is 11.8 Å². The van der Waals surface area contributed by atoms with Crippen LogP contribution in [0, 0.1) is 34.5 Å². The summed E-state index contributed by atoms with van der Waals surface area (Å²) in [7, 11) is 0. The molecule has 1 unspecified atom stereocenters. The normalized spacial score (nSPS) is 16.6. The summed E-state index contributed by atoms with van der Waals surface area (Å²) in [5, 5.41) is 0. The van der Waals surface area contributed by atoms with E-state index >= 15 is 0 Å². The van der Waals surface area contributed by atoms with E-state index in [2.05, 4.69) is 55.4 Å². The van der Waals surface area contributed by atoms with Crippen molar-refractivity contribution in [3.05, 3.63) is 11.8 Å². The smallest absolute Gasteiger partial charge is 0.0274 e. The Kier molecular flexibility index (Phi) is 16.4. The van der Waals surface area contributed by atoms with Gasteiger partial charge >= 0.3 is 0 Å². The van der Waals surface area contributed by atoms with Crippen molar-refractivity contribution in [2.24, 2.45) is 22.6 Å². The fraction of sp³-hybridized carbons (Fsp3) is 0.913. The fourth-order valence-corrected chi connectivity index (χ4v) is 3.73. The van der Waals surface area contributed by atoms with E-state index in [4.69, 9.17) is 2.74 Å². The molecule has 0 aromatic carbocycles. The van der Waals surface area contributed by atoms with Crippen LogP contribution in [0.5, 0.6) is 0 Å². The van der Waals surface area contributed by atoms with Crippen LogP contribution in [-0.4, -0.2) is 0 Å². The van der Waals surface area contributed by atoms with Gasteiger partial charge in [0.2, 0.25) is 0 Å². The molecule has 0 aliphatic carbocycles. The summed E-state index contributed by atoms with van der Waals surface area (Å²) in [5.41, 5.74) is 0.572. The number of hydrogen-bond donors (Lipinski definition) is 0. The van der Waals surface area contributed by atoms with Gasteiger partial charge in [-0.3, -0.25) is 0 Å². The van der Waals surface area contributed by atoms with E-state index in [1.165, 1.54) is 18.3 Å². The van der Waals surface area contributed by atoms with Crippen LogP contribution in [0.2, 0.25) is 0 Å². The molecule has 0 nitrogen and oxygen atoms in total. The van der Waals surface area contributed by atoms with Gasteiger partial charge in [0.25, 0.3) is 0 Å². The molecular weight excluding hydrogens is 454 g/mol. The molecule has 0 aliphatic heterocycles. The average molecular weight is 504 g/mol.